The van der Waals surface area contributed by atoms with Crippen LogP contribution in [0.5, 0.6) is 0 Å². The Morgan fingerprint density at radius 1 is 1.18 bits per heavy atom. The Morgan fingerprint density at radius 2 is 1.76 bits per heavy atom. The maximum atomic E-state index is 11.6. The van der Waals surface area contributed by atoms with Gasteiger partial charge in [-0.3, -0.25) is 0 Å². The fraction of sp³-hybridized carbons (Fsp3) is 0.500. The third kappa shape index (κ3) is 2.78. The molecule has 0 aromatic heterocycles. The first-order valence-corrected chi connectivity index (χ1v) is 5.73. The van der Waals surface area contributed by atoms with Crippen molar-refractivity contribution in [2.24, 2.45) is 0 Å². The van der Waals surface area contributed by atoms with Crippen LogP contribution >= 0.6 is 0 Å². The largest absolute Gasteiger partial charge is 0.467 e. The summed E-state index contributed by atoms with van der Waals surface area (Å²) in [4.78, 5) is 11.6. The monoisotopic (exact) mass is 235 g/mol. The van der Waals surface area contributed by atoms with Gasteiger partial charge < -0.3 is 10.1 Å². The predicted octanol–water partition coefficient (Wildman–Crippen LogP) is 2.98. The van der Waals surface area contributed by atoms with E-state index in [2.05, 4.69) is 32.2 Å². The second-order valence-corrected chi connectivity index (χ2v) is 4.92. The maximum absolute atomic E-state index is 11.6. The molecule has 0 atom stereocenters. The van der Waals surface area contributed by atoms with Crippen LogP contribution in [-0.2, 0) is 9.53 Å². The van der Waals surface area contributed by atoms with E-state index in [9.17, 15) is 4.79 Å². The quantitative estimate of drug-likeness (QED) is 0.818. The lowest BCUT2D eigenvalue weighted by Crippen LogP contribution is -2.41. The number of nitrogens with one attached hydrogen (secondary N) is 1. The van der Waals surface area contributed by atoms with Crippen LogP contribution in [0.3, 0.4) is 0 Å². The highest BCUT2D eigenvalue weighted by atomic mass is 16.5. The molecule has 1 aromatic carbocycles. The average molecular weight is 235 g/mol. The number of methoxy groups -OCH3 is 1. The van der Waals surface area contributed by atoms with E-state index >= 15 is 0 Å². The zero-order valence-corrected chi connectivity index (χ0v) is 11.5. The number of esters is 1. The topological polar surface area (TPSA) is 38.3 Å². The SMILES string of the molecule is COC(=O)C(C)(C)Nc1ccc(C)c(C)c1C. The summed E-state index contributed by atoms with van der Waals surface area (Å²) in [6.45, 7) is 9.84. The molecule has 0 amide bonds. The molecule has 1 aromatic rings. The summed E-state index contributed by atoms with van der Waals surface area (Å²) < 4.78 is 4.78. The van der Waals surface area contributed by atoms with Gasteiger partial charge in [0.25, 0.3) is 0 Å². The van der Waals surface area contributed by atoms with E-state index < -0.39 is 5.54 Å². The van der Waals surface area contributed by atoms with Crippen LogP contribution in [0.4, 0.5) is 5.69 Å². The summed E-state index contributed by atoms with van der Waals surface area (Å²) in [5.41, 5.74) is 3.92. The Kier molecular flexibility index (Phi) is 3.81. The van der Waals surface area contributed by atoms with E-state index in [1.165, 1.54) is 23.8 Å². The van der Waals surface area contributed by atoms with Crippen molar-refractivity contribution in [3.05, 3.63) is 28.8 Å². The fourth-order valence-electron chi connectivity index (χ4n) is 1.73. The van der Waals surface area contributed by atoms with Crippen LogP contribution in [0.15, 0.2) is 12.1 Å². The summed E-state index contributed by atoms with van der Waals surface area (Å²) in [7, 11) is 1.40. The lowest BCUT2D eigenvalue weighted by molar-refractivity contribution is -0.144. The van der Waals surface area contributed by atoms with Gasteiger partial charge in [0.1, 0.15) is 5.54 Å². The number of ether oxygens (including phenoxy) is 1. The molecule has 0 spiro atoms. The van der Waals surface area contributed by atoms with Crippen LogP contribution in [0.1, 0.15) is 30.5 Å². The van der Waals surface area contributed by atoms with Crippen LogP contribution in [0.2, 0.25) is 0 Å². The molecule has 0 aliphatic rings. The molecule has 3 nitrogen and oxygen atoms in total. The van der Waals surface area contributed by atoms with Gasteiger partial charge in [-0.25, -0.2) is 4.79 Å². The highest BCUT2D eigenvalue weighted by molar-refractivity contribution is 5.83. The van der Waals surface area contributed by atoms with Gasteiger partial charge in [0.15, 0.2) is 0 Å². The van der Waals surface area contributed by atoms with Crippen LogP contribution in [0, 0.1) is 20.8 Å². The summed E-state index contributed by atoms with van der Waals surface area (Å²) in [5, 5.41) is 3.23. The number of benzene rings is 1. The van der Waals surface area contributed by atoms with Crippen LogP contribution < -0.4 is 5.32 Å². The van der Waals surface area contributed by atoms with Gasteiger partial charge in [-0.1, -0.05) is 6.07 Å². The van der Waals surface area contributed by atoms with Crippen molar-refractivity contribution in [2.75, 3.05) is 12.4 Å². The maximum Gasteiger partial charge on any atom is 0.330 e. The van der Waals surface area contributed by atoms with E-state index in [1.54, 1.807) is 0 Å². The fourth-order valence-corrected chi connectivity index (χ4v) is 1.73. The minimum atomic E-state index is -0.721. The van der Waals surface area contributed by atoms with Gasteiger partial charge in [0.05, 0.1) is 7.11 Å². The van der Waals surface area contributed by atoms with Crippen LogP contribution in [-0.4, -0.2) is 18.6 Å². The van der Waals surface area contributed by atoms with E-state index in [0.717, 1.165) is 5.69 Å². The second-order valence-electron chi connectivity index (χ2n) is 4.92. The number of rotatable bonds is 3. The molecule has 1 N–H and O–H groups in total. The molecular weight excluding hydrogens is 214 g/mol. The number of aryl methyl sites for hydroxylation is 1. The minimum Gasteiger partial charge on any atom is -0.467 e. The first-order chi connectivity index (χ1) is 7.79. The van der Waals surface area contributed by atoms with E-state index in [-0.39, 0.29) is 5.97 Å². The molecule has 17 heavy (non-hydrogen) atoms. The Morgan fingerprint density at radius 3 is 2.29 bits per heavy atom. The molecule has 0 aliphatic heterocycles. The predicted molar refractivity (Wildman–Crippen MR) is 70.4 cm³/mol. The van der Waals surface area contributed by atoms with Gasteiger partial charge >= 0.3 is 5.97 Å². The molecule has 0 bridgehead atoms. The number of hydrogen-bond acceptors (Lipinski definition) is 3. The standard InChI is InChI=1S/C14H21NO2/c1-9-7-8-12(11(3)10(9)2)15-14(4,5)13(16)17-6/h7-8,15H,1-6H3. The Hall–Kier alpha value is -1.51. The minimum absolute atomic E-state index is 0.268. The van der Waals surface area contributed by atoms with Crippen molar-refractivity contribution < 1.29 is 9.53 Å². The zero-order chi connectivity index (χ0) is 13.2. The first kappa shape index (κ1) is 13.6. The number of hydrogen-bond donors (Lipinski definition) is 1. The molecule has 0 saturated heterocycles. The lowest BCUT2D eigenvalue weighted by Gasteiger charge is -2.26. The van der Waals surface area contributed by atoms with Crippen molar-refractivity contribution in [1.29, 1.82) is 0 Å². The smallest absolute Gasteiger partial charge is 0.330 e. The van der Waals surface area contributed by atoms with Crippen LogP contribution in [0.25, 0.3) is 0 Å². The average Bonchev–Trinajstić information content (AvgIpc) is 2.28. The lowest BCUT2D eigenvalue weighted by atomic mass is 9.99. The molecule has 0 radical (unpaired) electrons. The molecule has 94 valence electrons. The van der Waals surface area contributed by atoms with Crippen molar-refractivity contribution >= 4 is 11.7 Å². The molecule has 0 unspecified atom stereocenters. The zero-order valence-electron chi connectivity index (χ0n) is 11.5. The second kappa shape index (κ2) is 4.78. The molecule has 3 heteroatoms. The number of carbonyl (C=O) groups is 1. The number of anilines is 1. The molecule has 0 aliphatic carbocycles. The molecular formula is C14H21NO2. The molecule has 0 heterocycles. The highest BCUT2D eigenvalue weighted by Crippen LogP contribution is 2.24. The Balaban J connectivity index is 3.04. The van der Waals surface area contributed by atoms with E-state index in [4.69, 9.17) is 4.74 Å². The first-order valence-electron chi connectivity index (χ1n) is 5.73. The van der Waals surface area contributed by atoms with Gasteiger partial charge in [0, 0.05) is 5.69 Å². The summed E-state index contributed by atoms with van der Waals surface area (Å²) in [6.07, 6.45) is 0. The van der Waals surface area contributed by atoms with Gasteiger partial charge in [-0.05, 0) is 57.4 Å². The highest BCUT2D eigenvalue weighted by Gasteiger charge is 2.28. The third-order valence-corrected chi connectivity index (χ3v) is 3.20. The summed E-state index contributed by atoms with van der Waals surface area (Å²) in [5.74, 6) is -0.268. The summed E-state index contributed by atoms with van der Waals surface area (Å²) in [6, 6.07) is 4.06. The molecule has 0 saturated carbocycles. The van der Waals surface area contributed by atoms with Gasteiger partial charge in [0.2, 0.25) is 0 Å². The Labute approximate surface area is 103 Å². The normalized spacial score (nSPS) is 11.2. The van der Waals surface area contributed by atoms with Crippen molar-refractivity contribution in [3.8, 4) is 0 Å². The summed E-state index contributed by atoms with van der Waals surface area (Å²) >= 11 is 0. The third-order valence-electron chi connectivity index (χ3n) is 3.20. The van der Waals surface area contributed by atoms with Crippen molar-refractivity contribution in [2.45, 2.75) is 40.2 Å². The van der Waals surface area contributed by atoms with Gasteiger partial charge in [-0.15, -0.1) is 0 Å². The molecule has 1 rings (SSSR count). The van der Waals surface area contributed by atoms with Crippen molar-refractivity contribution in [3.63, 3.8) is 0 Å². The molecule has 0 fully saturated rings. The van der Waals surface area contributed by atoms with Crippen molar-refractivity contribution in [1.82, 2.24) is 0 Å². The van der Waals surface area contributed by atoms with E-state index in [0.29, 0.717) is 0 Å². The van der Waals surface area contributed by atoms with E-state index in [1.807, 2.05) is 19.9 Å². The Bertz CT molecular complexity index is 436. The van der Waals surface area contributed by atoms with Gasteiger partial charge in [-0.2, -0.15) is 0 Å². The number of carbonyl (C=O) groups excluding carboxylic acids is 1.